The Labute approximate surface area is 87.1 Å². The molecule has 0 saturated carbocycles. The second kappa shape index (κ2) is 4.18. The fraction of sp³-hybridized carbons (Fsp3) is 0.750. The Bertz CT molecular complexity index is 371. The molecule has 0 aliphatic carbocycles. The van der Waals surface area contributed by atoms with Gasteiger partial charge in [-0.05, 0) is 6.42 Å². The van der Waals surface area contributed by atoms with Crippen molar-refractivity contribution >= 4 is 21.8 Å². The Balaban J connectivity index is 2.92. The van der Waals surface area contributed by atoms with Crippen molar-refractivity contribution in [3.8, 4) is 0 Å². The molecule has 1 aliphatic rings. The number of sulfone groups is 1. The van der Waals surface area contributed by atoms with Crippen LogP contribution in [0.25, 0.3) is 0 Å². The second-order valence-electron chi connectivity index (χ2n) is 3.48. The Kier molecular flexibility index (Phi) is 3.33. The van der Waals surface area contributed by atoms with Crippen LogP contribution >= 0.6 is 0 Å². The van der Waals surface area contributed by atoms with E-state index in [0.717, 1.165) is 7.11 Å². The maximum atomic E-state index is 11.2. The van der Waals surface area contributed by atoms with Gasteiger partial charge in [-0.25, -0.2) is 8.42 Å². The Hall–Kier alpha value is -1.11. The predicted molar refractivity (Wildman–Crippen MR) is 49.9 cm³/mol. The SMILES string of the molecule is COC(=O)[C@@H]1CS(=O)(=O)CC[C@H]1C(=O)O. The summed E-state index contributed by atoms with van der Waals surface area (Å²) >= 11 is 0. The fourth-order valence-electron chi connectivity index (χ4n) is 1.66. The molecule has 7 heteroatoms. The largest absolute Gasteiger partial charge is 0.481 e. The van der Waals surface area contributed by atoms with E-state index in [4.69, 9.17) is 5.11 Å². The molecule has 1 N–H and O–H groups in total. The molecule has 1 heterocycles. The van der Waals surface area contributed by atoms with Crippen LogP contribution in [-0.4, -0.2) is 44.1 Å². The zero-order chi connectivity index (χ0) is 11.6. The summed E-state index contributed by atoms with van der Waals surface area (Å²) in [6.07, 6.45) is -0.0303. The number of rotatable bonds is 2. The first kappa shape index (κ1) is 12.0. The van der Waals surface area contributed by atoms with Gasteiger partial charge in [0.25, 0.3) is 0 Å². The Morgan fingerprint density at radius 1 is 1.33 bits per heavy atom. The van der Waals surface area contributed by atoms with Crippen LogP contribution in [0.3, 0.4) is 0 Å². The van der Waals surface area contributed by atoms with Crippen molar-refractivity contribution in [1.82, 2.24) is 0 Å². The monoisotopic (exact) mass is 236 g/mol. The number of hydrogen-bond acceptors (Lipinski definition) is 5. The van der Waals surface area contributed by atoms with Crippen molar-refractivity contribution in [1.29, 1.82) is 0 Å². The van der Waals surface area contributed by atoms with Crippen molar-refractivity contribution in [2.24, 2.45) is 11.8 Å². The molecular formula is C8H12O6S. The molecule has 0 aromatic rings. The van der Waals surface area contributed by atoms with Crippen LogP contribution in [0, 0.1) is 11.8 Å². The van der Waals surface area contributed by atoms with Gasteiger partial charge in [-0.3, -0.25) is 9.59 Å². The lowest BCUT2D eigenvalue weighted by Gasteiger charge is -2.26. The van der Waals surface area contributed by atoms with E-state index in [2.05, 4.69) is 4.74 Å². The predicted octanol–water partition coefficient (Wildman–Crippen LogP) is -0.705. The molecule has 0 aromatic carbocycles. The van der Waals surface area contributed by atoms with E-state index in [9.17, 15) is 18.0 Å². The molecular weight excluding hydrogens is 224 g/mol. The van der Waals surface area contributed by atoms with E-state index in [0.29, 0.717) is 0 Å². The molecule has 0 aromatic heterocycles. The number of carbonyl (C=O) groups excluding carboxylic acids is 1. The number of esters is 1. The number of carbonyl (C=O) groups is 2. The van der Waals surface area contributed by atoms with Gasteiger partial charge in [-0.1, -0.05) is 0 Å². The molecule has 1 fully saturated rings. The van der Waals surface area contributed by atoms with E-state index in [-0.39, 0.29) is 12.2 Å². The van der Waals surface area contributed by atoms with Gasteiger partial charge < -0.3 is 9.84 Å². The van der Waals surface area contributed by atoms with Crippen molar-refractivity contribution in [2.75, 3.05) is 18.6 Å². The minimum absolute atomic E-state index is 0.0303. The summed E-state index contributed by atoms with van der Waals surface area (Å²) in [6.45, 7) is 0. The highest BCUT2D eigenvalue weighted by molar-refractivity contribution is 7.91. The first-order chi connectivity index (χ1) is 6.87. The highest BCUT2D eigenvalue weighted by Crippen LogP contribution is 2.26. The molecule has 2 atom stereocenters. The van der Waals surface area contributed by atoms with Crippen molar-refractivity contribution in [3.05, 3.63) is 0 Å². The summed E-state index contributed by atoms with van der Waals surface area (Å²) in [5.74, 6) is -4.58. The van der Waals surface area contributed by atoms with Crippen LogP contribution in [0.4, 0.5) is 0 Å². The second-order valence-corrected chi connectivity index (χ2v) is 5.71. The van der Waals surface area contributed by atoms with E-state index in [1.54, 1.807) is 0 Å². The number of ether oxygens (including phenoxy) is 1. The zero-order valence-corrected chi connectivity index (χ0v) is 8.99. The van der Waals surface area contributed by atoms with Crippen LogP contribution in [0.2, 0.25) is 0 Å². The summed E-state index contributed by atoms with van der Waals surface area (Å²) in [5, 5.41) is 8.82. The molecule has 86 valence electrons. The molecule has 1 aliphatic heterocycles. The maximum absolute atomic E-state index is 11.2. The summed E-state index contributed by atoms with van der Waals surface area (Å²) in [7, 11) is -2.20. The van der Waals surface area contributed by atoms with Crippen LogP contribution in [0.15, 0.2) is 0 Å². The Morgan fingerprint density at radius 2 is 1.93 bits per heavy atom. The van der Waals surface area contributed by atoms with Gasteiger partial charge in [0.15, 0.2) is 9.84 Å². The van der Waals surface area contributed by atoms with Gasteiger partial charge in [0.2, 0.25) is 0 Å². The maximum Gasteiger partial charge on any atom is 0.310 e. The van der Waals surface area contributed by atoms with Crippen LogP contribution in [0.1, 0.15) is 6.42 Å². The van der Waals surface area contributed by atoms with E-state index in [1.165, 1.54) is 0 Å². The minimum atomic E-state index is -3.32. The highest BCUT2D eigenvalue weighted by Gasteiger charge is 2.42. The van der Waals surface area contributed by atoms with Gasteiger partial charge in [-0.15, -0.1) is 0 Å². The molecule has 6 nitrogen and oxygen atoms in total. The van der Waals surface area contributed by atoms with Crippen molar-refractivity contribution in [2.45, 2.75) is 6.42 Å². The first-order valence-electron chi connectivity index (χ1n) is 4.38. The summed E-state index contributed by atoms with van der Waals surface area (Å²) < 4.78 is 26.9. The Morgan fingerprint density at radius 3 is 2.40 bits per heavy atom. The normalized spacial score (nSPS) is 29.4. The molecule has 1 rings (SSSR count). The molecule has 0 unspecified atom stereocenters. The van der Waals surface area contributed by atoms with Gasteiger partial charge >= 0.3 is 11.9 Å². The van der Waals surface area contributed by atoms with Crippen LogP contribution in [0.5, 0.6) is 0 Å². The smallest absolute Gasteiger partial charge is 0.310 e. The number of carboxylic acid groups (broad SMARTS) is 1. The summed E-state index contributed by atoms with van der Waals surface area (Å²) in [6, 6.07) is 0. The number of methoxy groups -OCH3 is 1. The van der Waals surface area contributed by atoms with Crippen molar-refractivity contribution in [3.63, 3.8) is 0 Å². The minimum Gasteiger partial charge on any atom is -0.481 e. The number of aliphatic carboxylic acids is 1. The van der Waals surface area contributed by atoms with E-state index in [1.807, 2.05) is 0 Å². The molecule has 1 saturated heterocycles. The molecule has 0 radical (unpaired) electrons. The van der Waals surface area contributed by atoms with E-state index >= 15 is 0 Å². The van der Waals surface area contributed by atoms with Gasteiger partial charge in [0.05, 0.1) is 30.5 Å². The van der Waals surface area contributed by atoms with Crippen LogP contribution in [-0.2, 0) is 24.2 Å². The van der Waals surface area contributed by atoms with Crippen molar-refractivity contribution < 1.29 is 27.9 Å². The lowest BCUT2D eigenvalue weighted by molar-refractivity contribution is -0.155. The molecule has 0 spiro atoms. The lowest BCUT2D eigenvalue weighted by atomic mass is 9.91. The van der Waals surface area contributed by atoms with Gasteiger partial charge in [0.1, 0.15) is 0 Å². The molecule has 0 amide bonds. The van der Waals surface area contributed by atoms with Gasteiger partial charge in [0, 0.05) is 0 Å². The zero-order valence-electron chi connectivity index (χ0n) is 8.17. The summed E-state index contributed by atoms with van der Waals surface area (Å²) in [5.41, 5.74) is 0. The third-order valence-corrected chi connectivity index (χ3v) is 4.20. The third kappa shape index (κ3) is 2.68. The third-order valence-electron chi connectivity index (χ3n) is 2.48. The molecule has 0 bridgehead atoms. The number of hydrogen-bond donors (Lipinski definition) is 1. The molecule has 15 heavy (non-hydrogen) atoms. The topological polar surface area (TPSA) is 97.7 Å². The summed E-state index contributed by atoms with van der Waals surface area (Å²) in [4.78, 5) is 22.0. The average Bonchev–Trinajstić information content (AvgIpc) is 2.14. The van der Waals surface area contributed by atoms with E-state index < -0.39 is 39.4 Å². The van der Waals surface area contributed by atoms with Gasteiger partial charge in [-0.2, -0.15) is 0 Å². The quantitative estimate of drug-likeness (QED) is 0.636. The van der Waals surface area contributed by atoms with Crippen LogP contribution < -0.4 is 0 Å². The lowest BCUT2D eigenvalue weighted by Crippen LogP contribution is -2.41. The average molecular weight is 236 g/mol. The standard InChI is InChI=1S/C8H12O6S/c1-14-8(11)6-4-15(12,13)3-2-5(6)7(9)10/h5-6H,2-4H2,1H3,(H,9,10)/t5-,6-/m1/s1. The highest BCUT2D eigenvalue weighted by atomic mass is 32.2. The number of carboxylic acids is 1. The first-order valence-corrected chi connectivity index (χ1v) is 6.20. The fourth-order valence-corrected chi connectivity index (χ4v) is 3.36.